The van der Waals surface area contributed by atoms with Gasteiger partial charge in [0.05, 0.1) is 11.5 Å². The van der Waals surface area contributed by atoms with Crippen molar-refractivity contribution in [3.63, 3.8) is 0 Å². The van der Waals surface area contributed by atoms with E-state index in [9.17, 15) is 19.7 Å². The van der Waals surface area contributed by atoms with Crippen molar-refractivity contribution in [1.82, 2.24) is 9.55 Å². The second-order valence-corrected chi connectivity index (χ2v) is 4.71. The van der Waals surface area contributed by atoms with Crippen LogP contribution < -0.4 is 11.2 Å². The molecule has 0 amide bonds. The summed E-state index contributed by atoms with van der Waals surface area (Å²) in [5.74, 6) is 0. The van der Waals surface area contributed by atoms with Crippen molar-refractivity contribution in [3.05, 3.63) is 72.0 Å². The quantitative estimate of drug-likeness (QED) is 0.678. The van der Waals surface area contributed by atoms with Crippen LogP contribution in [0.5, 0.6) is 0 Å². The number of hydrogen-bond donors (Lipinski definition) is 1. The fourth-order valence-electron chi connectivity index (χ4n) is 2.15. The summed E-state index contributed by atoms with van der Waals surface area (Å²) >= 11 is 0. The first-order valence-corrected chi connectivity index (χ1v) is 6.49. The molecule has 0 saturated heterocycles. The molecule has 0 aliphatic heterocycles. The molecule has 1 aromatic carbocycles. The van der Waals surface area contributed by atoms with Crippen LogP contribution in [0.15, 0.2) is 34.0 Å². The highest BCUT2D eigenvalue weighted by Gasteiger charge is 2.14. The van der Waals surface area contributed by atoms with Crippen molar-refractivity contribution < 1.29 is 4.92 Å². The van der Waals surface area contributed by atoms with Gasteiger partial charge in [-0.15, -0.1) is 0 Å². The first-order chi connectivity index (χ1) is 9.93. The van der Waals surface area contributed by atoms with Crippen molar-refractivity contribution in [2.45, 2.75) is 26.8 Å². The lowest BCUT2D eigenvalue weighted by atomic mass is 10.1. The third kappa shape index (κ3) is 2.91. The summed E-state index contributed by atoms with van der Waals surface area (Å²) < 4.78 is 1.35. The predicted octanol–water partition coefficient (Wildman–Crippen LogP) is 1.36. The minimum Gasteiger partial charge on any atom is -0.296 e. The minimum absolute atomic E-state index is 0.0145. The Balaban J connectivity index is 2.48. The lowest BCUT2D eigenvalue weighted by molar-refractivity contribution is -0.385. The molecule has 7 heteroatoms. The summed E-state index contributed by atoms with van der Waals surface area (Å²) in [6.07, 6.45) is 2.00. The highest BCUT2D eigenvalue weighted by atomic mass is 16.6. The second-order valence-electron chi connectivity index (χ2n) is 4.71. The average Bonchev–Trinajstić information content (AvgIpc) is 2.43. The van der Waals surface area contributed by atoms with Gasteiger partial charge >= 0.3 is 5.69 Å². The Hall–Kier alpha value is -2.70. The van der Waals surface area contributed by atoms with Gasteiger partial charge in [0.15, 0.2) is 0 Å². The summed E-state index contributed by atoms with van der Waals surface area (Å²) in [7, 11) is 0. The summed E-state index contributed by atoms with van der Waals surface area (Å²) in [5.41, 5.74) is 0.773. The Labute approximate surface area is 120 Å². The van der Waals surface area contributed by atoms with E-state index in [4.69, 9.17) is 0 Å². The van der Waals surface area contributed by atoms with Crippen LogP contribution in [0.25, 0.3) is 0 Å². The molecule has 2 rings (SSSR count). The number of H-pyrrole nitrogens is 1. The standard InChI is InChI=1S/C14H15N3O4/c1-3-10-7-16(14(19)15-13(10)18)8-11-5-4-6-12(9(11)2)17(20)21/h4-7H,3,8H2,1-2H3,(H,15,18,19). The zero-order valence-electron chi connectivity index (χ0n) is 11.8. The number of nitro groups is 1. The normalized spacial score (nSPS) is 10.6. The van der Waals surface area contributed by atoms with E-state index >= 15 is 0 Å². The molecule has 1 N–H and O–H groups in total. The molecule has 2 aromatic rings. The SMILES string of the molecule is CCc1cn(Cc2cccc([N+](=O)[O-])c2C)c(=O)[nH]c1=O. The molecule has 1 aromatic heterocycles. The Kier molecular flexibility index (Phi) is 4.02. The van der Waals surface area contributed by atoms with Gasteiger partial charge in [-0.2, -0.15) is 0 Å². The monoisotopic (exact) mass is 289 g/mol. The molecule has 0 aliphatic carbocycles. The maximum absolute atomic E-state index is 11.8. The molecule has 110 valence electrons. The predicted molar refractivity (Wildman–Crippen MR) is 77.6 cm³/mol. The summed E-state index contributed by atoms with van der Waals surface area (Å²) in [6.45, 7) is 3.64. The summed E-state index contributed by atoms with van der Waals surface area (Å²) in [6, 6.07) is 4.73. The van der Waals surface area contributed by atoms with Gasteiger partial charge in [-0.05, 0) is 18.9 Å². The van der Waals surface area contributed by atoms with Gasteiger partial charge in [-0.25, -0.2) is 4.79 Å². The van der Waals surface area contributed by atoms with E-state index in [1.54, 1.807) is 19.1 Å². The van der Waals surface area contributed by atoms with Crippen LogP contribution in [0.1, 0.15) is 23.6 Å². The molecule has 0 spiro atoms. The van der Waals surface area contributed by atoms with Crippen molar-refractivity contribution in [1.29, 1.82) is 0 Å². The number of aryl methyl sites for hydroxylation is 1. The number of aromatic amines is 1. The first-order valence-electron chi connectivity index (χ1n) is 6.49. The van der Waals surface area contributed by atoms with E-state index < -0.39 is 16.2 Å². The molecule has 1 heterocycles. The van der Waals surface area contributed by atoms with E-state index in [1.165, 1.54) is 16.8 Å². The molecule has 0 fully saturated rings. The molecule has 0 atom stereocenters. The number of hydrogen-bond acceptors (Lipinski definition) is 4. The number of aromatic nitrogens is 2. The van der Waals surface area contributed by atoms with Gasteiger partial charge in [0.25, 0.3) is 11.2 Å². The van der Waals surface area contributed by atoms with Crippen molar-refractivity contribution >= 4 is 5.69 Å². The van der Waals surface area contributed by atoms with E-state index in [2.05, 4.69) is 4.98 Å². The molecule has 7 nitrogen and oxygen atoms in total. The highest BCUT2D eigenvalue weighted by molar-refractivity contribution is 5.44. The Morgan fingerprint density at radius 2 is 2.00 bits per heavy atom. The lowest BCUT2D eigenvalue weighted by Crippen LogP contribution is -2.32. The summed E-state index contributed by atoms with van der Waals surface area (Å²) in [5, 5.41) is 10.9. The van der Waals surface area contributed by atoms with E-state index in [-0.39, 0.29) is 12.2 Å². The molecule has 0 radical (unpaired) electrons. The van der Waals surface area contributed by atoms with Gasteiger partial charge < -0.3 is 0 Å². The number of nitrogens with one attached hydrogen (secondary N) is 1. The molecule has 21 heavy (non-hydrogen) atoms. The van der Waals surface area contributed by atoms with Crippen molar-refractivity contribution in [2.24, 2.45) is 0 Å². The van der Waals surface area contributed by atoms with Crippen LogP contribution in [0.2, 0.25) is 0 Å². The Morgan fingerprint density at radius 3 is 2.62 bits per heavy atom. The van der Waals surface area contributed by atoms with Crippen LogP contribution in [0, 0.1) is 17.0 Å². The van der Waals surface area contributed by atoms with E-state index in [0.717, 1.165) is 0 Å². The van der Waals surface area contributed by atoms with Gasteiger partial charge in [-0.3, -0.25) is 24.5 Å². The molecule has 0 bridgehead atoms. The van der Waals surface area contributed by atoms with Crippen LogP contribution in [0.3, 0.4) is 0 Å². The third-order valence-corrected chi connectivity index (χ3v) is 3.42. The molecule has 0 saturated carbocycles. The van der Waals surface area contributed by atoms with Crippen molar-refractivity contribution in [2.75, 3.05) is 0 Å². The fourth-order valence-corrected chi connectivity index (χ4v) is 2.15. The number of benzene rings is 1. The van der Waals surface area contributed by atoms with Crippen molar-refractivity contribution in [3.8, 4) is 0 Å². The topological polar surface area (TPSA) is 98.0 Å². The lowest BCUT2D eigenvalue weighted by Gasteiger charge is -2.09. The van der Waals surface area contributed by atoms with Crippen LogP contribution >= 0.6 is 0 Å². The average molecular weight is 289 g/mol. The summed E-state index contributed by atoms with van der Waals surface area (Å²) in [4.78, 5) is 36.1. The molecule has 0 aliphatic rings. The molecular formula is C14H15N3O4. The zero-order chi connectivity index (χ0) is 15.6. The largest absolute Gasteiger partial charge is 0.328 e. The van der Waals surface area contributed by atoms with E-state index in [1.807, 2.05) is 6.92 Å². The number of rotatable bonds is 4. The van der Waals surface area contributed by atoms with Gasteiger partial charge in [0.1, 0.15) is 0 Å². The van der Waals surface area contributed by atoms with Crippen LogP contribution in [-0.2, 0) is 13.0 Å². The Morgan fingerprint density at radius 1 is 1.29 bits per heavy atom. The minimum atomic E-state index is -0.525. The maximum atomic E-state index is 11.8. The zero-order valence-corrected chi connectivity index (χ0v) is 11.8. The maximum Gasteiger partial charge on any atom is 0.328 e. The van der Waals surface area contributed by atoms with E-state index in [0.29, 0.717) is 23.1 Å². The fraction of sp³-hybridized carbons (Fsp3) is 0.286. The third-order valence-electron chi connectivity index (χ3n) is 3.42. The smallest absolute Gasteiger partial charge is 0.296 e. The molecule has 0 unspecified atom stereocenters. The van der Waals surface area contributed by atoms with Crippen LogP contribution in [-0.4, -0.2) is 14.5 Å². The van der Waals surface area contributed by atoms with Gasteiger partial charge in [0, 0.05) is 23.4 Å². The molecular weight excluding hydrogens is 274 g/mol. The van der Waals surface area contributed by atoms with Gasteiger partial charge in [-0.1, -0.05) is 19.1 Å². The second kappa shape index (κ2) is 5.74. The van der Waals surface area contributed by atoms with Crippen LogP contribution in [0.4, 0.5) is 5.69 Å². The van der Waals surface area contributed by atoms with Gasteiger partial charge in [0.2, 0.25) is 0 Å². The number of nitrogens with zero attached hydrogens (tertiary/aromatic N) is 2. The number of nitro benzene ring substituents is 1. The highest BCUT2D eigenvalue weighted by Crippen LogP contribution is 2.21. The Bertz CT molecular complexity index is 805. The first kappa shape index (κ1) is 14.7.